The molecule has 0 N–H and O–H groups in total. The molecule has 2 aromatic rings. The summed E-state index contributed by atoms with van der Waals surface area (Å²) in [5.74, 6) is 0.0149. The molecule has 214 valence electrons. The molecule has 2 fully saturated rings. The molecule has 0 radical (unpaired) electrons. The van der Waals surface area contributed by atoms with Crippen molar-refractivity contribution in [2.75, 3.05) is 32.7 Å². The van der Waals surface area contributed by atoms with Gasteiger partial charge in [-0.15, -0.1) is 0 Å². The number of piperazine rings is 1. The fourth-order valence-electron chi connectivity index (χ4n) is 6.31. The highest BCUT2D eigenvalue weighted by molar-refractivity contribution is 5.96. The number of nitrogens with zero attached hydrogens (tertiary/aromatic N) is 5. The number of benzene rings is 1. The molecule has 0 aliphatic carbocycles. The van der Waals surface area contributed by atoms with E-state index in [1.165, 1.54) is 18.5 Å². The topological polar surface area (TPSA) is 52.6 Å². The minimum atomic E-state index is -4.32. The summed E-state index contributed by atoms with van der Waals surface area (Å²) in [6.45, 7) is 14.5. The Morgan fingerprint density at radius 1 is 1.05 bits per heavy atom. The van der Waals surface area contributed by atoms with E-state index in [1.54, 1.807) is 12.1 Å². The Morgan fingerprint density at radius 2 is 1.67 bits per heavy atom. The highest BCUT2D eigenvalue weighted by atomic mass is 19.4. The summed E-state index contributed by atoms with van der Waals surface area (Å²) >= 11 is 0. The van der Waals surface area contributed by atoms with Crippen molar-refractivity contribution >= 4 is 5.91 Å². The van der Waals surface area contributed by atoms with E-state index in [0.29, 0.717) is 18.7 Å². The quantitative estimate of drug-likeness (QED) is 0.424. The van der Waals surface area contributed by atoms with Gasteiger partial charge in [-0.3, -0.25) is 14.6 Å². The Labute approximate surface area is 230 Å². The van der Waals surface area contributed by atoms with Gasteiger partial charge >= 0.3 is 6.18 Å². The molecule has 39 heavy (non-hydrogen) atoms. The zero-order chi connectivity index (χ0) is 28.4. The average Bonchev–Trinajstić information content (AvgIpc) is 2.89. The molecule has 0 spiro atoms. The summed E-state index contributed by atoms with van der Waals surface area (Å²) < 4.78 is 39.4. The van der Waals surface area contributed by atoms with Gasteiger partial charge in [0.2, 0.25) is 0 Å². The van der Waals surface area contributed by atoms with E-state index >= 15 is 0 Å². The Kier molecular flexibility index (Phi) is 9.01. The molecule has 0 saturated carbocycles. The summed E-state index contributed by atoms with van der Waals surface area (Å²) in [6, 6.07) is 6.14. The molecule has 1 aromatic carbocycles. The maximum Gasteiger partial charge on any atom is 0.416 e. The van der Waals surface area contributed by atoms with Crippen LogP contribution in [0.5, 0.6) is 0 Å². The normalized spacial score (nSPS) is 21.6. The second kappa shape index (κ2) is 11.9. The number of aryl methyl sites for hydroxylation is 2. The minimum Gasteiger partial charge on any atom is -0.338 e. The molecule has 2 aliphatic rings. The van der Waals surface area contributed by atoms with Crippen molar-refractivity contribution in [3.63, 3.8) is 0 Å². The molecule has 2 atom stereocenters. The van der Waals surface area contributed by atoms with Crippen LogP contribution in [0.2, 0.25) is 0 Å². The second-order valence-electron chi connectivity index (χ2n) is 11.5. The maximum absolute atomic E-state index is 13.3. The van der Waals surface area contributed by atoms with Gasteiger partial charge in [0.1, 0.15) is 6.33 Å². The van der Waals surface area contributed by atoms with E-state index in [-0.39, 0.29) is 23.5 Å². The number of unbranched alkanes of at least 4 members (excludes halogenated alkanes) is 1. The van der Waals surface area contributed by atoms with Crippen LogP contribution in [0.4, 0.5) is 13.2 Å². The molecule has 0 unspecified atom stereocenters. The van der Waals surface area contributed by atoms with Crippen molar-refractivity contribution in [1.29, 1.82) is 0 Å². The lowest BCUT2D eigenvalue weighted by molar-refractivity contribution is -0.137. The van der Waals surface area contributed by atoms with Crippen molar-refractivity contribution in [3.05, 3.63) is 58.7 Å². The van der Waals surface area contributed by atoms with Crippen molar-refractivity contribution in [2.45, 2.75) is 90.5 Å². The van der Waals surface area contributed by atoms with E-state index in [1.807, 2.05) is 18.7 Å². The first kappa shape index (κ1) is 29.5. The van der Waals surface area contributed by atoms with Crippen molar-refractivity contribution in [2.24, 2.45) is 0 Å². The third kappa shape index (κ3) is 6.46. The van der Waals surface area contributed by atoms with Crippen LogP contribution in [0.3, 0.4) is 0 Å². The van der Waals surface area contributed by atoms with Crippen LogP contribution in [0.15, 0.2) is 30.6 Å². The number of aromatic nitrogens is 2. The maximum atomic E-state index is 13.3. The summed E-state index contributed by atoms with van der Waals surface area (Å²) in [7, 11) is 0. The van der Waals surface area contributed by atoms with Crippen LogP contribution in [-0.2, 0) is 6.18 Å². The van der Waals surface area contributed by atoms with E-state index in [2.05, 4.69) is 40.5 Å². The third-order valence-corrected chi connectivity index (χ3v) is 8.86. The van der Waals surface area contributed by atoms with E-state index in [0.717, 1.165) is 68.7 Å². The van der Waals surface area contributed by atoms with Crippen molar-refractivity contribution in [3.8, 4) is 0 Å². The van der Waals surface area contributed by atoms with Crippen LogP contribution in [0, 0.1) is 13.8 Å². The van der Waals surface area contributed by atoms with Gasteiger partial charge in [0.15, 0.2) is 0 Å². The summed E-state index contributed by atoms with van der Waals surface area (Å²) in [6.07, 6.45) is 1.99. The first-order chi connectivity index (χ1) is 18.4. The molecule has 0 bridgehead atoms. The van der Waals surface area contributed by atoms with Gasteiger partial charge < -0.3 is 4.90 Å². The van der Waals surface area contributed by atoms with Gasteiger partial charge in [-0.2, -0.15) is 13.2 Å². The molecule has 3 heterocycles. The number of halogens is 3. The SMILES string of the molecule is CCCC[C@@H](c1ccc(C(F)(F)F)cc1)N1CCN(C2(C)CCN(C(=O)c3c(C)ncnc3C)CC2)C[C@@H]1C. The van der Waals surface area contributed by atoms with Crippen LogP contribution in [0.25, 0.3) is 0 Å². The molecular weight excluding hydrogens is 503 g/mol. The predicted octanol–water partition coefficient (Wildman–Crippen LogP) is 6.04. The number of piperidine rings is 1. The molecule has 4 rings (SSSR count). The summed E-state index contributed by atoms with van der Waals surface area (Å²) in [4.78, 5) is 28.7. The summed E-state index contributed by atoms with van der Waals surface area (Å²) in [5, 5.41) is 0. The van der Waals surface area contributed by atoms with Gasteiger partial charge in [-0.1, -0.05) is 31.9 Å². The fourth-order valence-corrected chi connectivity index (χ4v) is 6.31. The lowest BCUT2D eigenvalue weighted by Crippen LogP contribution is -2.62. The lowest BCUT2D eigenvalue weighted by atomic mass is 9.85. The number of rotatable bonds is 7. The molecule has 2 saturated heterocycles. The minimum absolute atomic E-state index is 0.00167. The number of likely N-dealkylation sites (tertiary alicyclic amines) is 1. The fraction of sp³-hybridized carbons (Fsp3) is 0.633. The van der Waals surface area contributed by atoms with Crippen LogP contribution < -0.4 is 0 Å². The number of amides is 1. The molecule has 1 aromatic heterocycles. The first-order valence-corrected chi connectivity index (χ1v) is 14.2. The molecular formula is C30H42F3N5O. The van der Waals surface area contributed by atoms with Crippen LogP contribution in [-0.4, -0.2) is 74.9 Å². The standard InChI is InChI=1S/C30H42F3N5O/c1-6-7-8-26(24-9-11-25(12-10-24)30(31,32)33)38-18-17-37(19-21(38)2)29(5)13-15-36(16-14-29)28(39)27-22(3)34-20-35-23(27)4/h9-12,20-21,26H,6-8,13-19H2,1-5H3/t21-,26-/m0/s1. The van der Waals surface area contributed by atoms with Gasteiger partial charge in [-0.25, -0.2) is 9.97 Å². The number of hydrogen-bond acceptors (Lipinski definition) is 5. The second-order valence-corrected chi connectivity index (χ2v) is 11.5. The van der Waals surface area contributed by atoms with Gasteiger partial charge in [0, 0.05) is 50.3 Å². The van der Waals surface area contributed by atoms with Crippen molar-refractivity contribution in [1.82, 2.24) is 24.7 Å². The van der Waals surface area contributed by atoms with E-state index < -0.39 is 11.7 Å². The van der Waals surface area contributed by atoms with Gasteiger partial charge in [-0.05, 0) is 64.7 Å². The molecule has 2 aliphatic heterocycles. The number of carbonyl (C=O) groups excluding carboxylic acids is 1. The monoisotopic (exact) mass is 545 g/mol. The van der Waals surface area contributed by atoms with Gasteiger partial charge in [0.25, 0.3) is 5.91 Å². The smallest absolute Gasteiger partial charge is 0.338 e. The highest BCUT2D eigenvalue weighted by Gasteiger charge is 2.41. The van der Waals surface area contributed by atoms with Crippen molar-refractivity contribution < 1.29 is 18.0 Å². The predicted molar refractivity (Wildman–Crippen MR) is 146 cm³/mol. The number of hydrogen-bond donors (Lipinski definition) is 0. The van der Waals surface area contributed by atoms with Crippen LogP contribution >= 0.6 is 0 Å². The lowest BCUT2D eigenvalue weighted by Gasteiger charge is -2.53. The number of carbonyl (C=O) groups is 1. The van der Waals surface area contributed by atoms with Crippen LogP contribution in [0.1, 0.15) is 91.8 Å². The third-order valence-electron chi connectivity index (χ3n) is 8.86. The zero-order valence-electron chi connectivity index (χ0n) is 23.9. The molecule has 1 amide bonds. The Hall–Kier alpha value is -2.52. The van der Waals surface area contributed by atoms with E-state index in [4.69, 9.17) is 0 Å². The first-order valence-electron chi connectivity index (χ1n) is 14.2. The molecule has 6 nitrogen and oxygen atoms in total. The Balaban J connectivity index is 1.41. The Bertz CT molecular complexity index is 1110. The summed E-state index contributed by atoms with van der Waals surface area (Å²) in [5.41, 5.74) is 2.42. The largest absolute Gasteiger partial charge is 0.416 e. The van der Waals surface area contributed by atoms with E-state index in [9.17, 15) is 18.0 Å². The zero-order valence-corrected chi connectivity index (χ0v) is 23.9. The van der Waals surface area contributed by atoms with Gasteiger partial charge in [0.05, 0.1) is 22.5 Å². The Morgan fingerprint density at radius 3 is 2.21 bits per heavy atom. The molecule has 9 heteroatoms. The highest BCUT2D eigenvalue weighted by Crippen LogP contribution is 2.36. The number of alkyl halides is 3. The average molecular weight is 546 g/mol.